The van der Waals surface area contributed by atoms with Gasteiger partial charge < -0.3 is 9.80 Å². The van der Waals surface area contributed by atoms with E-state index in [0.29, 0.717) is 31.5 Å². The molecule has 0 aliphatic carbocycles. The van der Waals surface area contributed by atoms with Crippen LogP contribution in [0.4, 0.5) is 4.39 Å². The quantitative estimate of drug-likeness (QED) is 0.736. The first-order chi connectivity index (χ1) is 13.0. The molecular formula is C21H30FN3O2. The maximum atomic E-state index is 13.9. The molecule has 27 heavy (non-hydrogen) atoms. The Morgan fingerprint density at radius 2 is 2.07 bits per heavy atom. The van der Waals surface area contributed by atoms with Gasteiger partial charge in [-0.3, -0.25) is 14.5 Å². The van der Waals surface area contributed by atoms with Crippen LogP contribution in [0, 0.1) is 5.82 Å². The zero-order valence-electron chi connectivity index (χ0n) is 16.2. The van der Waals surface area contributed by atoms with Crippen LogP contribution in [0.3, 0.4) is 0 Å². The molecule has 2 amide bonds. The summed E-state index contributed by atoms with van der Waals surface area (Å²) in [5, 5.41) is 0. The van der Waals surface area contributed by atoms with Crippen LogP contribution in [0.2, 0.25) is 0 Å². The normalized spacial score (nSPS) is 20.9. The summed E-state index contributed by atoms with van der Waals surface area (Å²) in [5.74, 6) is 0.187. The minimum atomic E-state index is -0.166. The highest BCUT2D eigenvalue weighted by molar-refractivity contribution is 5.78. The summed E-state index contributed by atoms with van der Waals surface area (Å²) < 4.78 is 13.9. The van der Waals surface area contributed by atoms with Gasteiger partial charge in [0.25, 0.3) is 0 Å². The molecule has 2 aliphatic heterocycles. The molecule has 0 saturated carbocycles. The first-order valence-corrected chi connectivity index (χ1v) is 10.0. The van der Waals surface area contributed by atoms with Crippen LogP contribution in [-0.4, -0.2) is 65.8 Å². The third-order valence-electron chi connectivity index (χ3n) is 5.76. The van der Waals surface area contributed by atoms with Crippen molar-refractivity contribution in [1.29, 1.82) is 0 Å². The highest BCUT2D eigenvalue weighted by Crippen LogP contribution is 2.19. The Balaban J connectivity index is 1.45. The summed E-state index contributed by atoms with van der Waals surface area (Å²) in [5.41, 5.74) is 0.711. The first-order valence-electron chi connectivity index (χ1n) is 10.0. The van der Waals surface area contributed by atoms with Crippen LogP contribution < -0.4 is 0 Å². The number of amides is 2. The zero-order chi connectivity index (χ0) is 19.2. The van der Waals surface area contributed by atoms with Crippen molar-refractivity contribution < 1.29 is 14.0 Å². The molecule has 6 heteroatoms. The Labute approximate surface area is 161 Å². The van der Waals surface area contributed by atoms with Gasteiger partial charge in [-0.15, -0.1) is 0 Å². The molecule has 2 saturated heterocycles. The Morgan fingerprint density at radius 1 is 1.26 bits per heavy atom. The lowest BCUT2D eigenvalue weighted by atomic mass is 10.0. The van der Waals surface area contributed by atoms with E-state index in [1.807, 2.05) is 29.0 Å². The molecule has 0 spiro atoms. The third kappa shape index (κ3) is 5.28. The smallest absolute Gasteiger partial charge is 0.222 e. The maximum absolute atomic E-state index is 13.9. The maximum Gasteiger partial charge on any atom is 0.222 e. The van der Waals surface area contributed by atoms with Crippen LogP contribution in [0.15, 0.2) is 24.3 Å². The van der Waals surface area contributed by atoms with E-state index in [1.54, 1.807) is 6.07 Å². The Morgan fingerprint density at radius 3 is 2.81 bits per heavy atom. The van der Waals surface area contributed by atoms with Crippen molar-refractivity contribution in [2.45, 2.75) is 51.1 Å². The standard InChI is InChI=1S/C21H30FN3O2/c1-23(20(26)10-5-13-25-14-6-11-21(25)27)18-8-4-12-24(16-18)15-17-7-2-3-9-19(17)22/h2-3,7,9,18H,4-6,8,10-16H2,1H3. The van der Waals surface area contributed by atoms with Gasteiger partial charge >= 0.3 is 0 Å². The lowest BCUT2D eigenvalue weighted by Gasteiger charge is -2.37. The molecule has 0 radical (unpaired) electrons. The molecule has 2 heterocycles. The second kappa shape index (κ2) is 9.31. The highest BCUT2D eigenvalue weighted by Gasteiger charge is 2.27. The molecule has 5 nitrogen and oxygen atoms in total. The monoisotopic (exact) mass is 375 g/mol. The van der Waals surface area contributed by atoms with Crippen molar-refractivity contribution in [1.82, 2.24) is 14.7 Å². The van der Waals surface area contributed by atoms with E-state index in [1.165, 1.54) is 6.07 Å². The molecule has 2 aliphatic rings. The number of likely N-dealkylation sites (N-methyl/N-ethyl adjacent to an activating group) is 1. The van der Waals surface area contributed by atoms with Gasteiger partial charge in [-0.1, -0.05) is 18.2 Å². The van der Waals surface area contributed by atoms with Gasteiger partial charge in [-0.05, 0) is 38.3 Å². The fourth-order valence-corrected chi connectivity index (χ4v) is 4.10. The molecule has 1 aromatic rings. The summed E-state index contributed by atoms with van der Waals surface area (Å²) in [6, 6.07) is 7.07. The number of halogens is 1. The van der Waals surface area contributed by atoms with Gasteiger partial charge in [0, 0.05) is 57.7 Å². The van der Waals surface area contributed by atoms with Crippen molar-refractivity contribution in [3.63, 3.8) is 0 Å². The largest absolute Gasteiger partial charge is 0.343 e. The second-order valence-electron chi connectivity index (χ2n) is 7.72. The molecule has 0 aromatic heterocycles. The fourth-order valence-electron chi connectivity index (χ4n) is 4.10. The fraction of sp³-hybridized carbons (Fsp3) is 0.619. The number of hydrogen-bond acceptors (Lipinski definition) is 3. The highest BCUT2D eigenvalue weighted by atomic mass is 19.1. The van der Waals surface area contributed by atoms with Crippen molar-refractivity contribution >= 4 is 11.8 Å². The minimum Gasteiger partial charge on any atom is -0.343 e. The van der Waals surface area contributed by atoms with E-state index in [4.69, 9.17) is 0 Å². The summed E-state index contributed by atoms with van der Waals surface area (Å²) in [7, 11) is 1.88. The van der Waals surface area contributed by atoms with E-state index < -0.39 is 0 Å². The summed E-state index contributed by atoms with van der Waals surface area (Å²) in [6.07, 6.45) is 4.78. The first kappa shape index (κ1) is 19.8. The van der Waals surface area contributed by atoms with Gasteiger partial charge in [0.15, 0.2) is 0 Å². The zero-order valence-corrected chi connectivity index (χ0v) is 16.2. The summed E-state index contributed by atoms with van der Waals surface area (Å²) in [4.78, 5) is 30.2. The number of rotatable bonds is 7. The number of piperidine rings is 1. The molecule has 3 rings (SSSR count). The Hall–Kier alpha value is -1.95. The average Bonchev–Trinajstić information content (AvgIpc) is 3.08. The van der Waals surface area contributed by atoms with Crippen molar-refractivity contribution in [3.8, 4) is 0 Å². The lowest BCUT2D eigenvalue weighted by Crippen LogP contribution is -2.48. The van der Waals surface area contributed by atoms with Crippen molar-refractivity contribution in [2.24, 2.45) is 0 Å². The van der Waals surface area contributed by atoms with E-state index in [2.05, 4.69) is 4.90 Å². The van der Waals surface area contributed by atoms with Gasteiger partial charge in [-0.2, -0.15) is 0 Å². The van der Waals surface area contributed by atoms with E-state index in [9.17, 15) is 14.0 Å². The molecular weight excluding hydrogens is 345 g/mol. The molecule has 148 valence electrons. The van der Waals surface area contributed by atoms with Gasteiger partial charge in [0.2, 0.25) is 11.8 Å². The number of benzene rings is 1. The van der Waals surface area contributed by atoms with Crippen LogP contribution in [-0.2, 0) is 16.1 Å². The number of nitrogens with zero attached hydrogens (tertiary/aromatic N) is 3. The molecule has 1 aromatic carbocycles. The van der Waals surface area contributed by atoms with Crippen molar-refractivity contribution in [3.05, 3.63) is 35.6 Å². The molecule has 0 N–H and O–H groups in total. The summed E-state index contributed by atoms with van der Waals surface area (Å²) in [6.45, 7) is 3.81. The average molecular weight is 375 g/mol. The predicted octanol–water partition coefficient (Wildman–Crippen LogP) is 2.65. The van der Waals surface area contributed by atoms with Gasteiger partial charge in [0.1, 0.15) is 5.82 Å². The van der Waals surface area contributed by atoms with E-state index in [-0.39, 0.29) is 23.7 Å². The van der Waals surface area contributed by atoms with E-state index in [0.717, 1.165) is 45.3 Å². The Bertz CT molecular complexity index is 667. The molecule has 1 unspecified atom stereocenters. The number of likely N-dealkylation sites (tertiary alicyclic amines) is 2. The molecule has 2 fully saturated rings. The van der Waals surface area contributed by atoms with Gasteiger partial charge in [-0.25, -0.2) is 4.39 Å². The number of carbonyl (C=O) groups excluding carboxylic acids is 2. The summed E-state index contributed by atoms with van der Waals surface area (Å²) >= 11 is 0. The topological polar surface area (TPSA) is 43.9 Å². The van der Waals surface area contributed by atoms with Gasteiger partial charge in [0.05, 0.1) is 0 Å². The van der Waals surface area contributed by atoms with Crippen LogP contribution in [0.5, 0.6) is 0 Å². The van der Waals surface area contributed by atoms with Crippen molar-refractivity contribution in [2.75, 3.05) is 33.2 Å². The number of hydrogen-bond donors (Lipinski definition) is 0. The lowest BCUT2D eigenvalue weighted by molar-refractivity contribution is -0.134. The SMILES string of the molecule is CN(C(=O)CCCN1CCCC1=O)C1CCCN(Cc2ccccc2F)C1. The number of carbonyl (C=O) groups is 2. The third-order valence-corrected chi connectivity index (χ3v) is 5.76. The molecule has 1 atom stereocenters. The van der Waals surface area contributed by atoms with Crippen LogP contribution in [0.25, 0.3) is 0 Å². The van der Waals surface area contributed by atoms with Crippen LogP contribution >= 0.6 is 0 Å². The van der Waals surface area contributed by atoms with Crippen LogP contribution in [0.1, 0.15) is 44.1 Å². The second-order valence-corrected chi connectivity index (χ2v) is 7.72. The predicted molar refractivity (Wildman–Crippen MR) is 103 cm³/mol. The molecule has 0 bridgehead atoms. The van der Waals surface area contributed by atoms with E-state index >= 15 is 0 Å². The minimum absolute atomic E-state index is 0.138. The Kier molecular flexibility index (Phi) is 6.83.